The Balaban J connectivity index is 1.54. The van der Waals surface area contributed by atoms with Crippen molar-refractivity contribution in [2.24, 2.45) is 0 Å². The van der Waals surface area contributed by atoms with Crippen molar-refractivity contribution in [3.8, 4) is 5.75 Å². The Labute approximate surface area is 136 Å². The molecule has 0 unspecified atom stereocenters. The van der Waals surface area contributed by atoms with Crippen LogP contribution in [0.5, 0.6) is 5.75 Å². The first-order valence-electron chi connectivity index (χ1n) is 7.93. The Morgan fingerprint density at radius 3 is 2.57 bits per heavy atom. The SMILES string of the molecule is Cc1ccc(C(=O)Nc2ccc(OC[C@@H]3CCCO3)cc2)cc1. The quantitative estimate of drug-likeness (QED) is 0.913. The van der Waals surface area contributed by atoms with E-state index in [-0.39, 0.29) is 12.0 Å². The summed E-state index contributed by atoms with van der Waals surface area (Å²) in [4.78, 5) is 12.2. The lowest BCUT2D eigenvalue weighted by molar-refractivity contribution is 0.0679. The van der Waals surface area contributed by atoms with E-state index in [1.165, 1.54) is 0 Å². The van der Waals surface area contributed by atoms with Gasteiger partial charge in [0.1, 0.15) is 12.4 Å². The maximum absolute atomic E-state index is 12.2. The monoisotopic (exact) mass is 311 g/mol. The molecule has 1 saturated heterocycles. The zero-order chi connectivity index (χ0) is 16.1. The van der Waals surface area contributed by atoms with Gasteiger partial charge in [0, 0.05) is 17.9 Å². The van der Waals surface area contributed by atoms with Crippen LogP contribution in [-0.4, -0.2) is 25.2 Å². The predicted molar refractivity (Wildman–Crippen MR) is 90.0 cm³/mol. The number of hydrogen-bond donors (Lipinski definition) is 1. The molecule has 2 aromatic rings. The fraction of sp³-hybridized carbons (Fsp3) is 0.316. The van der Waals surface area contributed by atoms with Crippen LogP contribution >= 0.6 is 0 Å². The first-order chi connectivity index (χ1) is 11.2. The Hall–Kier alpha value is -2.33. The summed E-state index contributed by atoms with van der Waals surface area (Å²) >= 11 is 0. The van der Waals surface area contributed by atoms with Gasteiger partial charge in [-0.25, -0.2) is 0 Å². The Morgan fingerprint density at radius 1 is 1.17 bits per heavy atom. The van der Waals surface area contributed by atoms with Crippen LogP contribution in [0.2, 0.25) is 0 Å². The van der Waals surface area contributed by atoms with E-state index in [4.69, 9.17) is 9.47 Å². The van der Waals surface area contributed by atoms with Gasteiger partial charge in [-0.05, 0) is 56.2 Å². The zero-order valence-corrected chi connectivity index (χ0v) is 13.2. The second kappa shape index (κ2) is 7.29. The number of ether oxygens (including phenoxy) is 2. The number of hydrogen-bond acceptors (Lipinski definition) is 3. The van der Waals surface area contributed by atoms with Crippen LogP contribution in [0.25, 0.3) is 0 Å². The van der Waals surface area contributed by atoms with Crippen molar-refractivity contribution in [3.63, 3.8) is 0 Å². The standard InChI is InChI=1S/C19H21NO3/c1-14-4-6-15(7-5-14)19(21)20-16-8-10-17(11-9-16)23-13-18-3-2-12-22-18/h4-11,18H,2-3,12-13H2,1H3,(H,20,21)/t18-/m0/s1. The molecular weight excluding hydrogens is 290 g/mol. The minimum atomic E-state index is -0.113. The van der Waals surface area contributed by atoms with Crippen molar-refractivity contribution < 1.29 is 14.3 Å². The van der Waals surface area contributed by atoms with Gasteiger partial charge in [0.05, 0.1) is 6.10 Å². The third kappa shape index (κ3) is 4.33. The van der Waals surface area contributed by atoms with Gasteiger partial charge in [0.2, 0.25) is 0 Å². The molecule has 23 heavy (non-hydrogen) atoms. The van der Waals surface area contributed by atoms with E-state index in [1.54, 1.807) is 0 Å². The van der Waals surface area contributed by atoms with Crippen LogP contribution in [0.1, 0.15) is 28.8 Å². The molecule has 120 valence electrons. The molecule has 0 aliphatic carbocycles. The number of benzene rings is 2. The summed E-state index contributed by atoms with van der Waals surface area (Å²) in [6.07, 6.45) is 2.37. The lowest BCUT2D eigenvalue weighted by Crippen LogP contribution is -2.16. The topological polar surface area (TPSA) is 47.6 Å². The van der Waals surface area contributed by atoms with Crippen molar-refractivity contribution in [1.82, 2.24) is 0 Å². The predicted octanol–water partition coefficient (Wildman–Crippen LogP) is 3.81. The van der Waals surface area contributed by atoms with Gasteiger partial charge < -0.3 is 14.8 Å². The van der Waals surface area contributed by atoms with Crippen molar-refractivity contribution in [2.75, 3.05) is 18.5 Å². The molecule has 0 saturated carbocycles. The number of nitrogens with one attached hydrogen (secondary N) is 1. The van der Waals surface area contributed by atoms with Crippen LogP contribution < -0.4 is 10.1 Å². The van der Waals surface area contributed by atoms with Crippen molar-refractivity contribution in [3.05, 3.63) is 59.7 Å². The van der Waals surface area contributed by atoms with E-state index < -0.39 is 0 Å². The summed E-state index contributed by atoms with van der Waals surface area (Å²) in [5.41, 5.74) is 2.53. The second-order valence-electron chi connectivity index (χ2n) is 5.79. The third-order valence-corrected chi connectivity index (χ3v) is 3.89. The molecule has 0 radical (unpaired) electrons. The molecule has 2 aromatic carbocycles. The molecule has 1 N–H and O–H groups in total. The smallest absolute Gasteiger partial charge is 0.255 e. The second-order valence-corrected chi connectivity index (χ2v) is 5.79. The molecule has 0 bridgehead atoms. The molecule has 1 aliphatic rings. The Kier molecular flexibility index (Phi) is 4.93. The van der Waals surface area contributed by atoms with Crippen LogP contribution in [0, 0.1) is 6.92 Å². The first-order valence-corrected chi connectivity index (χ1v) is 7.93. The summed E-state index contributed by atoms with van der Waals surface area (Å²) in [6.45, 7) is 3.41. The molecule has 1 aliphatic heterocycles. The number of carbonyl (C=O) groups is 1. The highest BCUT2D eigenvalue weighted by Gasteiger charge is 2.15. The van der Waals surface area contributed by atoms with Gasteiger partial charge in [-0.15, -0.1) is 0 Å². The summed E-state index contributed by atoms with van der Waals surface area (Å²) in [5.74, 6) is 0.673. The van der Waals surface area contributed by atoms with Gasteiger partial charge in [0.15, 0.2) is 0 Å². The van der Waals surface area contributed by atoms with Crippen molar-refractivity contribution in [1.29, 1.82) is 0 Å². The average Bonchev–Trinajstić information content (AvgIpc) is 3.08. The maximum atomic E-state index is 12.2. The van der Waals surface area contributed by atoms with Crippen molar-refractivity contribution in [2.45, 2.75) is 25.9 Å². The molecule has 0 aromatic heterocycles. The summed E-state index contributed by atoms with van der Waals surface area (Å²) in [6, 6.07) is 14.9. The van der Waals surface area contributed by atoms with Gasteiger partial charge >= 0.3 is 0 Å². The van der Waals surface area contributed by atoms with E-state index in [2.05, 4.69) is 5.32 Å². The molecular formula is C19H21NO3. The largest absolute Gasteiger partial charge is 0.491 e. The maximum Gasteiger partial charge on any atom is 0.255 e. The molecule has 1 amide bonds. The summed E-state index contributed by atoms with van der Waals surface area (Å²) < 4.78 is 11.2. The van der Waals surface area contributed by atoms with E-state index in [0.717, 1.165) is 36.4 Å². The Morgan fingerprint density at radius 2 is 1.91 bits per heavy atom. The summed E-state index contributed by atoms with van der Waals surface area (Å²) in [7, 11) is 0. The number of anilines is 1. The highest BCUT2D eigenvalue weighted by molar-refractivity contribution is 6.04. The van der Waals surface area contributed by atoms with Crippen LogP contribution in [0.3, 0.4) is 0 Å². The average molecular weight is 311 g/mol. The normalized spacial score (nSPS) is 17.0. The van der Waals surface area contributed by atoms with Gasteiger partial charge in [-0.1, -0.05) is 17.7 Å². The number of amides is 1. The number of rotatable bonds is 5. The molecule has 1 heterocycles. The van der Waals surface area contributed by atoms with E-state index in [1.807, 2.05) is 55.5 Å². The van der Waals surface area contributed by atoms with Gasteiger partial charge in [-0.3, -0.25) is 4.79 Å². The van der Waals surface area contributed by atoms with Crippen molar-refractivity contribution >= 4 is 11.6 Å². The van der Waals surface area contributed by atoms with Crippen LogP contribution in [-0.2, 0) is 4.74 Å². The van der Waals surface area contributed by atoms with E-state index in [0.29, 0.717) is 12.2 Å². The fourth-order valence-corrected chi connectivity index (χ4v) is 2.51. The lowest BCUT2D eigenvalue weighted by Gasteiger charge is -2.12. The molecule has 4 heteroatoms. The first kappa shape index (κ1) is 15.6. The summed E-state index contributed by atoms with van der Waals surface area (Å²) in [5, 5.41) is 2.88. The van der Waals surface area contributed by atoms with Crippen LogP contribution in [0.4, 0.5) is 5.69 Å². The zero-order valence-electron chi connectivity index (χ0n) is 13.2. The molecule has 4 nitrogen and oxygen atoms in total. The minimum absolute atomic E-state index is 0.113. The van der Waals surface area contributed by atoms with Gasteiger partial charge in [0.25, 0.3) is 5.91 Å². The Bertz CT molecular complexity index is 643. The third-order valence-electron chi connectivity index (χ3n) is 3.89. The highest BCUT2D eigenvalue weighted by Crippen LogP contribution is 2.19. The molecule has 0 spiro atoms. The van der Waals surface area contributed by atoms with E-state index >= 15 is 0 Å². The van der Waals surface area contributed by atoms with E-state index in [9.17, 15) is 4.79 Å². The fourth-order valence-electron chi connectivity index (χ4n) is 2.51. The number of carbonyl (C=O) groups excluding carboxylic acids is 1. The molecule has 1 fully saturated rings. The minimum Gasteiger partial charge on any atom is -0.491 e. The van der Waals surface area contributed by atoms with Crippen LogP contribution in [0.15, 0.2) is 48.5 Å². The lowest BCUT2D eigenvalue weighted by atomic mass is 10.1. The molecule has 1 atom stereocenters. The number of aryl methyl sites for hydroxylation is 1. The molecule has 3 rings (SSSR count). The highest BCUT2D eigenvalue weighted by atomic mass is 16.5. The van der Waals surface area contributed by atoms with Gasteiger partial charge in [-0.2, -0.15) is 0 Å².